The number of aliphatic hydroxyl groups excluding tert-OH is 3. The average molecular weight is 363 g/mol. The molecule has 4 N–H and O–H groups in total. The smallest absolute Gasteiger partial charge is 0.870 e. The van der Waals surface area contributed by atoms with E-state index in [1.54, 1.807) is 4.90 Å². The Hall–Kier alpha value is 0.841. The summed E-state index contributed by atoms with van der Waals surface area (Å²) in [5, 5.41) is 34.3. The fraction of sp³-hybridized carbons (Fsp3) is 0.875. The molecule has 0 amide bonds. The van der Waals surface area contributed by atoms with Crippen molar-refractivity contribution in [2.24, 2.45) is 0 Å². The number of carboxylic acid groups (broad SMARTS) is 1. The van der Waals surface area contributed by atoms with Gasteiger partial charge in [-0.15, -0.1) is 0 Å². The van der Waals surface area contributed by atoms with Crippen molar-refractivity contribution in [1.82, 2.24) is 4.90 Å². The minimum absolute atomic E-state index is 0. The summed E-state index contributed by atoms with van der Waals surface area (Å²) in [6.45, 7) is 2.73. The second-order valence-corrected chi connectivity index (χ2v) is 2.50. The van der Waals surface area contributed by atoms with Gasteiger partial charge in [0.1, 0.15) is 0 Å². The van der Waals surface area contributed by atoms with Gasteiger partial charge >= 0.3 is 48.9 Å². The van der Waals surface area contributed by atoms with Gasteiger partial charge < -0.3 is 30.7 Å². The molecule has 0 fully saturated rings. The molecule has 0 aromatic carbocycles. The van der Waals surface area contributed by atoms with E-state index in [0.717, 1.165) is 6.92 Å². The number of nitrogens with zero attached hydrogens (tertiary/aromatic N) is 1. The maximum absolute atomic E-state index is 8.89. The molecule has 16 heavy (non-hydrogen) atoms. The third kappa shape index (κ3) is 29.4. The van der Waals surface area contributed by atoms with Crippen LogP contribution in [-0.2, 0) is 4.79 Å². The Balaban J connectivity index is -0.000000105. The van der Waals surface area contributed by atoms with E-state index in [4.69, 9.17) is 25.2 Å². The maximum Gasteiger partial charge on any atom is 2.00 e. The first-order valence-corrected chi connectivity index (χ1v) is 4.31. The van der Waals surface area contributed by atoms with Crippen molar-refractivity contribution in [3.63, 3.8) is 0 Å². The number of carbonyl (C=O) groups is 1. The third-order valence-corrected chi connectivity index (χ3v) is 1.25. The van der Waals surface area contributed by atoms with E-state index in [2.05, 4.69) is 0 Å². The van der Waals surface area contributed by atoms with Crippen LogP contribution in [0.2, 0.25) is 0 Å². The number of hydrogen-bond donors (Lipinski definition) is 3. The summed E-state index contributed by atoms with van der Waals surface area (Å²) in [6, 6.07) is 0. The molecule has 94 valence electrons. The minimum Gasteiger partial charge on any atom is -0.870 e. The van der Waals surface area contributed by atoms with Crippen molar-refractivity contribution >= 4 is 54.9 Å². The van der Waals surface area contributed by atoms with Crippen LogP contribution in [-0.4, -0.2) is 120 Å². The van der Waals surface area contributed by atoms with Crippen LogP contribution in [0, 0.1) is 0 Å². The molecule has 0 heterocycles. The first kappa shape index (κ1) is 25.6. The van der Waals surface area contributed by atoms with Crippen LogP contribution in [0.25, 0.3) is 0 Å². The van der Waals surface area contributed by atoms with Gasteiger partial charge in [-0.2, -0.15) is 0 Å². The second-order valence-electron chi connectivity index (χ2n) is 2.50. The first-order valence-electron chi connectivity index (χ1n) is 4.31. The molecule has 0 bridgehead atoms. The molecule has 0 aromatic rings. The predicted octanol–water partition coefficient (Wildman–Crippen LogP) is -3.54. The Kier molecular flexibility index (Phi) is 33.9. The maximum atomic E-state index is 8.89. The quantitative estimate of drug-likeness (QED) is 0.417. The number of hydrogen-bond acceptors (Lipinski definition) is 7. The Morgan fingerprint density at radius 2 is 1.25 bits per heavy atom. The van der Waals surface area contributed by atoms with Crippen molar-refractivity contribution < 1.29 is 30.7 Å². The van der Waals surface area contributed by atoms with Crippen molar-refractivity contribution in [1.29, 1.82) is 0 Å². The van der Waals surface area contributed by atoms with Crippen LogP contribution in [0.4, 0.5) is 0 Å². The zero-order valence-electron chi connectivity index (χ0n) is 9.50. The Bertz CT molecular complexity index is 119. The van der Waals surface area contributed by atoms with Crippen LogP contribution in [0.3, 0.4) is 0 Å². The topological polar surface area (TPSA) is 134 Å². The van der Waals surface area contributed by atoms with Gasteiger partial charge in [0.25, 0.3) is 0 Å². The first-order chi connectivity index (χ1) is 6.58. The van der Waals surface area contributed by atoms with Gasteiger partial charge in [-0.25, -0.2) is 0 Å². The van der Waals surface area contributed by atoms with Gasteiger partial charge in [-0.05, 0) is 6.92 Å². The summed E-state index contributed by atoms with van der Waals surface area (Å²) in [6.07, 6.45) is 0. The van der Waals surface area contributed by atoms with E-state index in [0.29, 0.717) is 19.6 Å². The molecular weight excluding hydrogens is 343 g/mol. The third-order valence-electron chi connectivity index (χ3n) is 1.25. The number of aliphatic hydroxyl groups is 3. The molecule has 0 aliphatic heterocycles. The normalized spacial score (nSPS) is 8.31. The molecule has 0 radical (unpaired) electrons. The standard InChI is InChI=1S/C6H15NO3.C2H4O2.Ba.H2O/c8-4-1-7(2-5-9)3-6-10;1-2(3)4;;/h8-10H,1-6H2;1H3,(H,3,4);;1H2/q;;+2;/p-2. The van der Waals surface area contributed by atoms with Crippen LogP contribution < -0.4 is 5.11 Å². The molecule has 0 saturated carbocycles. The Morgan fingerprint density at radius 3 is 1.38 bits per heavy atom. The van der Waals surface area contributed by atoms with Crippen molar-refractivity contribution in [2.45, 2.75) is 6.92 Å². The molecule has 0 rings (SSSR count). The monoisotopic (exact) mass is 363 g/mol. The zero-order chi connectivity index (χ0) is 11.4. The minimum atomic E-state index is -1.08. The van der Waals surface area contributed by atoms with Crippen LogP contribution in [0.5, 0.6) is 0 Å². The van der Waals surface area contributed by atoms with Gasteiger partial charge in [-0.3, -0.25) is 4.90 Å². The van der Waals surface area contributed by atoms with Gasteiger partial charge in [0.05, 0.1) is 19.8 Å². The van der Waals surface area contributed by atoms with Gasteiger partial charge in [0.15, 0.2) is 0 Å². The number of aliphatic carboxylic acids is 1. The van der Waals surface area contributed by atoms with Gasteiger partial charge in [0.2, 0.25) is 0 Å². The predicted molar refractivity (Wildman–Crippen MR) is 56.1 cm³/mol. The molecular formula is C8H19BaNO6. The van der Waals surface area contributed by atoms with Crippen molar-refractivity contribution in [3.8, 4) is 0 Å². The SMILES string of the molecule is CC(=O)[O-].OCCN(CCO)CCO.[Ba+2].[OH-]. The Labute approximate surface area is 135 Å². The summed E-state index contributed by atoms with van der Waals surface area (Å²) in [5.41, 5.74) is 0. The van der Waals surface area contributed by atoms with Crippen LogP contribution in [0.15, 0.2) is 0 Å². The summed E-state index contributed by atoms with van der Waals surface area (Å²) < 4.78 is 0. The summed E-state index contributed by atoms with van der Waals surface area (Å²) in [7, 11) is 0. The molecule has 0 aliphatic rings. The molecule has 0 atom stereocenters. The summed E-state index contributed by atoms with van der Waals surface area (Å²) in [4.78, 5) is 10.7. The van der Waals surface area contributed by atoms with E-state index >= 15 is 0 Å². The fourth-order valence-corrected chi connectivity index (χ4v) is 0.760. The molecule has 0 aliphatic carbocycles. The number of rotatable bonds is 6. The van der Waals surface area contributed by atoms with Gasteiger partial charge in [0, 0.05) is 25.6 Å². The largest absolute Gasteiger partial charge is 2.00 e. The molecule has 8 heteroatoms. The Morgan fingerprint density at radius 1 is 1.06 bits per heavy atom. The second kappa shape index (κ2) is 21.2. The number of carboxylic acids is 1. The van der Waals surface area contributed by atoms with Gasteiger partial charge in [-0.1, -0.05) is 0 Å². The molecule has 0 aromatic heterocycles. The van der Waals surface area contributed by atoms with E-state index < -0.39 is 5.97 Å². The van der Waals surface area contributed by atoms with Crippen LogP contribution in [0.1, 0.15) is 6.92 Å². The van der Waals surface area contributed by atoms with Crippen molar-refractivity contribution in [2.75, 3.05) is 39.5 Å². The summed E-state index contributed by atoms with van der Waals surface area (Å²) in [5.74, 6) is -1.08. The molecule has 0 saturated heterocycles. The van der Waals surface area contributed by atoms with E-state index in [1.807, 2.05) is 0 Å². The average Bonchev–Trinajstić information content (AvgIpc) is 2.04. The molecule has 0 spiro atoms. The summed E-state index contributed by atoms with van der Waals surface area (Å²) >= 11 is 0. The van der Waals surface area contributed by atoms with E-state index in [1.165, 1.54) is 0 Å². The van der Waals surface area contributed by atoms with E-state index in [9.17, 15) is 0 Å². The molecule has 0 unspecified atom stereocenters. The fourth-order valence-electron chi connectivity index (χ4n) is 0.760. The van der Waals surface area contributed by atoms with Crippen molar-refractivity contribution in [3.05, 3.63) is 0 Å². The zero-order valence-corrected chi connectivity index (χ0v) is 13.9. The molecule has 7 nitrogen and oxygen atoms in total. The number of carbonyl (C=O) groups excluding carboxylic acids is 1. The van der Waals surface area contributed by atoms with E-state index in [-0.39, 0.29) is 74.2 Å². The van der Waals surface area contributed by atoms with Crippen LogP contribution >= 0.6 is 0 Å².